The zero-order valence-corrected chi connectivity index (χ0v) is 19.8. The van der Waals surface area contributed by atoms with Crippen LogP contribution >= 0.6 is 0 Å². The van der Waals surface area contributed by atoms with Gasteiger partial charge < -0.3 is 14.6 Å². The van der Waals surface area contributed by atoms with Crippen LogP contribution in [0.3, 0.4) is 0 Å². The lowest BCUT2D eigenvalue weighted by Gasteiger charge is -2.15. The molecule has 0 aromatic carbocycles. The standard InChI is InChI=1S/C18H24N2O2.C7H11NO2/c1-3-6-18(7-4-2)10-14(18)11-20-17(21)15-9-13-5-8-19-12-16(13)22-15;1-4-8-10-5-6(2)7(3)9/h5,8-9,12,14H,3-4,6-7,10-11H2,1-2H3,(H,20,21);4-5H,1-3H3/b;6-5+,8-4+. The van der Waals surface area contributed by atoms with Gasteiger partial charge in [-0.3, -0.25) is 14.6 Å². The van der Waals surface area contributed by atoms with Crippen LogP contribution in [0.2, 0.25) is 0 Å². The average Bonchev–Trinajstić information content (AvgIpc) is 3.25. The van der Waals surface area contributed by atoms with Crippen LogP contribution in [0.15, 0.2) is 45.9 Å². The molecule has 2 aromatic rings. The van der Waals surface area contributed by atoms with Crippen LogP contribution in [-0.4, -0.2) is 29.4 Å². The first-order chi connectivity index (χ1) is 15.4. The van der Waals surface area contributed by atoms with Gasteiger partial charge in [0.25, 0.3) is 5.91 Å². The predicted molar refractivity (Wildman–Crippen MR) is 126 cm³/mol. The number of nitrogens with one attached hydrogen (secondary N) is 1. The Hall–Kier alpha value is -2.96. The van der Waals surface area contributed by atoms with E-state index >= 15 is 0 Å². The maximum Gasteiger partial charge on any atom is 0.287 e. The zero-order chi connectivity index (χ0) is 23.6. The number of pyridine rings is 1. The molecule has 0 aliphatic heterocycles. The van der Waals surface area contributed by atoms with Crippen LogP contribution in [0.5, 0.6) is 0 Å². The number of ketones is 1. The van der Waals surface area contributed by atoms with E-state index in [0.717, 1.165) is 11.9 Å². The number of carbonyl (C=O) groups is 2. The molecule has 1 unspecified atom stereocenters. The number of carbonyl (C=O) groups excluding carboxylic acids is 2. The smallest absolute Gasteiger partial charge is 0.287 e. The van der Waals surface area contributed by atoms with Gasteiger partial charge in [0.1, 0.15) is 6.26 Å². The number of Topliss-reactive ketones (excluding diaryl/α,β-unsaturated/α-hetero) is 1. The highest BCUT2D eigenvalue weighted by Crippen LogP contribution is 2.58. The van der Waals surface area contributed by atoms with Gasteiger partial charge in [-0.15, -0.1) is 0 Å². The Balaban J connectivity index is 0.000000309. The Morgan fingerprint density at radius 2 is 2.03 bits per heavy atom. The molecule has 1 amide bonds. The quantitative estimate of drug-likeness (QED) is 0.222. The first-order valence-electron chi connectivity index (χ1n) is 11.3. The van der Waals surface area contributed by atoms with Crippen molar-refractivity contribution >= 4 is 28.9 Å². The molecule has 32 heavy (non-hydrogen) atoms. The van der Waals surface area contributed by atoms with E-state index in [-0.39, 0.29) is 11.7 Å². The van der Waals surface area contributed by atoms with Crippen LogP contribution in [0.4, 0.5) is 0 Å². The van der Waals surface area contributed by atoms with Crippen molar-refractivity contribution in [1.82, 2.24) is 10.3 Å². The summed E-state index contributed by atoms with van der Waals surface area (Å²) in [6, 6.07) is 3.63. The van der Waals surface area contributed by atoms with Gasteiger partial charge in [0.05, 0.1) is 6.20 Å². The number of fused-ring (bicyclic) bond motifs is 1. The minimum absolute atomic E-state index is 0.00805. The topological polar surface area (TPSA) is 93.8 Å². The third-order valence-electron chi connectivity index (χ3n) is 5.86. The monoisotopic (exact) mass is 441 g/mol. The van der Waals surface area contributed by atoms with E-state index in [2.05, 4.69) is 34.1 Å². The molecule has 0 saturated heterocycles. The van der Waals surface area contributed by atoms with Crippen molar-refractivity contribution < 1.29 is 18.8 Å². The molecular formula is C25H35N3O4. The number of amides is 1. The van der Waals surface area contributed by atoms with Crippen molar-refractivity contribution in [3.05, 3.63) is 42.1 Å². The molecule has 1 saturated carbocycles. The lowest BCUT2D eigenvalue weighted by molar-refractivity contribution is -0.113. The van der Waals surface area contributed by atoms with Gasteiger partial charge in [-0.2, -0.15) is 0 Å². The maximum atomic E-state index is 12.2. The third-order valence-corrected chi connectivity index (χ3v) is 5.86. The third kappa shape index (κ3) is 7.04. The minimum atomic E-state index is -0.120. The SMILES string of the molecule is C/C=N/O/C=C(\C)C(C)=O.CCCC1(CCC)CC1CNC(=O)c1cc2ccncc2o1. The van der Waals surface area contributed by atoms with Crippen LogP contribution in [0.25, 0.3) is 11.0 Å². The fraction of sp³-hybridized carbons (Fsp3) is 0.520. The summed E-state index contributed by atoms with van der Waals surface area (Å²) in [5, 5.41) is 7.40. The second kappa shape index (κ2) is 12.2. The second-order valence-corrected chi connectivity index (χ2v) is 8.32. The van der Waals surface area contributed by atoms with E-state index in [4.69, 9.17) is 4.42 Å². The fourth-order valence-electron chi connectivity index (χ4n) is 4.01. The van der Waals surface area contributed by atoms with E-state index in [9.17, 15) is 9.59 Å². The highest BCUT2D eigenvalue weighted by molar-refractivity contribution is 5.95. The molecule has 1 atom stereocenters. The lowest BCUT2D eigenvalue weighted by atomic mass is 9.92. The van der Waals surface area contributed by atoms with Gasteiger partial charge in [-0.1, -0.05) is 31.8 Å². The Kier molecular flexibility index (Phi) is 9.62. The summed E-state index contributed by atoms with van der Waals surface area (Å²) < 4.78 is 5.55. The number of oxime groups is 1. The molecule has 2 aromatic heterocycles. The van der Waals surface area contributed by atoms with E-state index in [1.165, 1.54) is 51.5 Å². The largest absolute Gasteiger partial charge is 0.449 e. The Bertz CT molecular complexity index is 922. The Morgan fingerprint density at radius 1 is 1.31 bits per heavy atom. The molecule has 0 radical (unpaired) electrons. The number of allylic oxidation sites excluding steroid dienone is 1. The summed E-state index contributed by atoms with van der Waals surface area (Å²) >= 11 is 0. The molecule has 1 aliphatic carbocycles. The lowest BCUT2D eigenvalue weighted by Crippen LogP contribution is -2.26. The van der Waals surface area contributed by atoms with Crippen molar-refractivity contribution in [1.29, 1.82) is 0 Å². The van der Waals surface area contributed by atoms with Gasteiger partial charge in [0.15, 0.2) is 17.1 Å². The van der Waals surface area contributed by atoms with Crippen LogP contribution < -0.4 is 5.32 Å². The van der Waals surface area contributed by atoms with E-state index in [1.807, 2.05) is 6.07 Å². The van der Waals surface area contributed by atoms with Gasteiger partial charge in [0.2, 0.25) is 0 Å². The first kappa shape index (κ1) is 25.3. The summed E-state index contributed by atoms with van der Waals surface area (Å²) in [5.41, 5.74) is 1.70. The van der Waals surface area contributed by atoms with Crippen molar-refractivity contribution in [3.63, 3.8) is 0 Å². The normalized spacial score (nSPS) is 17.0. The maximum absolute atomic E-state index is 12.2. The van der Waals surface area contributed by atoms with Gasteiger partial charge in [0, 0.05) is 29.9 Å². The van der Waals surface area contributed by atoms with E-state index in [0.29, 0.717) is 28.2 Å². The predicted octanol–water partition coefficient (Wildman–Crippen LogP) is 5.67. The minimum Gasteiger partial charge on any atom is -0.449 e. The summed E-state index contributed by atoms with van der Waals surface area (Å²) in [6.07, 6.45) is 12.4. The summed E-state index contributed by atoms with van der Waals surface area (Å²) in [5.74, 6) is 0.874. The first-order valence-corrected chi connectivity index (χ1v) is 11.3. The molecule has 1 fully saturated rings. The van der Waals surface area contributed by atoms with E-state index < -0.39 is 0 Å². The van der Waals surface area contributed by atoms with Crippen molar-refractivity contribution in [3.8, 4) is 0 Å². The van der Waals surface area contributed by atoms with Crippen LogP contribution in [0, 0.1) is 11.3 Å². The van der Waals surface area contributed by atoms with Crippen molar-refractivity contribution in [2.24, 2.45) is 16.5 Å². The number of hydrogen-bond acceptors (Lipinski definition) is 6. The number of furan rings is 1. The highest BCUT2D eigenvalue weighted by atomic mass is 16.6. The van der Waals surface area contributed by atoms with Crippen LogP contribution in [-0.2, 0) is 9.63 Å². The average molecular weight is 442 g/mol. The molecule has 2 heterocycles. The zero-order valence-electron chi connectivity index (χ0n) is 19.8. The molecule has 7 heteroatoms. The number of nitrogens with zero attached hydrogens (tertiary/aromatic N) is 2. The van der Waals surface area contributed by atoms with Gasteiger partial charge in [-0.05, 0) is 63.5 Å². The molecule has 7 nitrogen and oxygen atoms in total. The Labute approximate surface area is 190 Å². The van der Waals surface area contributed by atoms with E-state index in [1.54, 1.807) is 32.3 Å². The number of aromatic nitrogens is 1. The fourth-order valence-corrected chi connectivity index (χ4v) is 4.01. The molecule has 0 bridgehead atoms. The summed E-state index contributed by atoms with van der Waals surface area (Å²) in [7, 11) is 0. The Morgan fingerprint density at radius 3 is 2.62 bits per heavy atom. The van der Waals surface area contributed by atoms with Gasteiger partial charge >= 0.3 is 0 Å². The van der Waals surface area contributed by atoms with Gasteiger partial charge in [-0.25, -0.2) is 0 Å². The molecule has 174 valence electrons. The molecule has 1 aliphatic rings. The molecule has 0 spiro atoms. The second-order valence-electron chi connectivity index (χ2n) is 8.32. The molecular weight excluding hydrogens is 406 g/mol. The number of hydrogen-bond donors (Lipinski definition) is 1. The highest BCUT2D eigenvalue weighted by Gasteiger charge is 2.51. The van der Waals surface area contributed by atoms with Crippen molar-refractivity contribution in [2.45, 2.75) is 66.7 Å². The summed E-state index contributed by atoms with van der Waals surface area (Å²) in [6.45, 7) is 10.1. The number of rotatable bonds is 10. The van der Waals surface area contributed by atoms with Crippen molar-refractivity contribution in [2.75, 3.05) is 6.54 Å². The molecule has 3 rings (SSSR count). The molecule has 1 N–H and O–H groups in total. The van der Waals surface area contributed by atoms with Crippen LogP contribution in [0.1, 0.15) is 77.3 Å². The summed E-state index contributed by atoms with van der Waals surface area (Å²) in [4.78, 5) is 31.4.